The van der Waals surface area contributed by atoms with Crippen molar-refractivity contribution in [1.82, 2.24) is 0 Å². The van der Waals surface area contributed by atoms with Crippen molar-refractivity contribution in [1.29, 1.82) is 0 Å². The molecule has 0 aliphatic rings. The van der Waals surface area contributed by atoms with Crippen LogP contribution in [0, 0.1) is 5.82 Å². The van der Waals surface area contributed by atoms with E-state index in [0.29, 0.717) is 5.88 Å². The SMILES string of the molecule is CC(C)(C)c1ccc(CC(CCl)c2ccc(F)cc2)cc1. The highest BCUT2D eigenvalue weighted by molar-refractivity contribution is 6.18. The van der Waals surface area contributed by atoms with E-state index in [1.165, 1.54) is 23.3 Å². The smallest absolute Gasteiger partial charge is 0.123 e. The molecule has 0 spiro atoms. The van der Waals surface area contributed by atoms with Crippen LogP contribution in [-0.4, -0.2) is 5.88 Å². The zero-order valence-corrected chi connectivity index (χ0v) is 13.6. The van der Waals surface area contributed by atoms with Crippen LogP contribution < -0.4 is 0 Å². The zero-order valence-electron chi connectivity index (χ0n) is 12.9. The molecule has 21 heavy (non-hydrogen) atoms. The van der Waals surface area contributed by atoms with Crippen LogP contribution in [0.25, 0.3) is 0 Å². The maximum Gasteiger partial charge on any atom is 0.123 e. The molecule has 0 saturated heterocycles. The highest BCUT2D eigenvalue weighted by Crippen LogP contribution is 2.26. The van der Waals surface area contributed by atoms with Crippen LogP contribution in [-0.2, 0) is 11.8 Å². The predicted molar refractivity (Wildman–Crippen MR) is 88.7 cm³/mol. The van der Waals surface area contributed by atoms with E-state index in [0.717, 1.165) is 12.0 Å². The molecule has 0 aromatic heterocycles. The Morgan fingerprint density at radius 2 is 1.52 bits per heavy atom. The summed E-state index contributed by atoms with van der Waals surface area (Å²) < 4.78 is 13.0. The van der Waals surface area contributed by atoms with Gasteiger partial charge in [-0.3, -0.25) is 0 Å². The van der Waals surface area contributed by atoms with Crippen LogP contribution in [0.15, 0.2) is 48.5 Å². The predicted octanol–water partition coefficient (Wildman–Crippen LogP) is 5.69. The van der Waals surface area contributed by atoms with Crippen molar-refractivity contribution < 1.29 is 4.39 Å². The Balaban J connectivity index is 2.13. The van der Waals surface area contributed by atoms with E-state index in [1.807, 2.05) is 12.1 Å². The summed E-state index contributed by atoms with van der Waals surface area (Å²) in [5.74, 6) is 0.543. The van der Waals surface area contributed by atoms with Gasteiger partial charge in [0.1, 0.15) is 5.82 Å². The quantitative estimate of drug-likeness (QED) is 0.637. The first kappa shape index (κ1) is 16.0. The minimum atomic E-state index is -0.207. The Hall–Kier alpha value is -1.34. The van der Waals surface area contributed by atoms with Crippen molar-refractivity contribution in [2.24, 2.45) is 0 Å². The summed E-state index contributed by atoms with van der Waals surface area (Å²) in [5, 5.41) is 0. The molecule has 0 N–H and O–H groups in total. The molecule has 0 aliphatic heterocycles. The molecular formula is C19H22ClF. The molecular weight excluding hydrogens is 283 g/mol. The molecule has 112 valence electrons. The van der Waals surface area contributed by atoms with Gasteiger partial charge in [0, 0.05) is 11.8 Å². The normalized spacial score (nSPS) is 13.2. The van der Waals surface area contributed by atoms with Gasteiger partial charge in [-0.1, -0.05) is 57.2 Å². The van der Waals surface area contributed by atoms with Crippen LogP contribution >= 0.6 is 11.6 Å². The molecule has 0 saturated carbocycles. The number of hydrogen-bond donors (Lipinski definition) is 0. The molecule has 0 fully saturated rings. The highest BCUT2D eigenvalue weighted by Gasteiger charge is 2.15. The second-order valence-corrected chi connectivity index (χ2v) is 6.86. The second-order valence-electron chi connectivity index (χ2n) is 6.55. The summed E-state index contributed by atoms with van der Waals surface area (Å²) >= 11 is 6.10. The molecule has 1 atom stereocenters. The van der Waals surface area contributed by atoms with Crippen molar-refractivity contribution in [2.75, 3.05) is 5.88 Å². The summed E-state index contributed by atoms with van der Waals surface area (Å²) in [7, 11) is 0. The van der Waals surface area contributed by atoms with Crippen molar-refractivity contribution in [3.63, 3.8) is 0 Å². The summed E-state index contributed by atoms with van der Waals surface area (Å²) in [6.45, 7) is 6.63. The Bertz CT molecular complexity index is 564. The van der Waals surface area contributed by atoms with E-state index in [1.54, 1.807) is 0 Å². The number of rotatable bonds is 4. The van der Waals surface area contributed by atoms with Gasteiger partial charge in [-0.25, -0.2) is 4.39 Å². The van der Waals surface area contributed by atoms with Gasteiger partial charge in [-0.05, 0) is 40.7 Å². The van der Waals surface area contributed by atoms with Crippen LogP contribution in [0.3, 0.4) is 0 Å². The van der Waals surface area contributed by atoms with Gasteiger partial charge in [-0.2, -0.15) is 0 Å². The van der Waals surface area contributed by atoms with E-state index in [2.05, 4.69) is 45.0 Å². The maximum absolute atomic E-state index is 13.0. The molecule has 2 heteroatoms. The van der Waals surface area contributed by atoms with Crippen LogP contribution in [0.4, 0.5) is 4.39 Å². The molecule has 0 radical (unpaired) electrons. The first-order chi connectivity index (χ1) is 9.90. The molecule has 0 heterocycles. The Labute approximate surface area is 132 Å². The lowest BCUT2D eigenvalue weighted by molar-refractivity contribution is 0.589. The molecule has 1 unspecified atom stereocenters. The highest BCUT2D eigenvalue weighted by atomic mass is 35.5. The van der Waals surface area contributed by atoms with Gasteiger partial charge >= 0.3 is 0 Å². The lowest BCUT2D eigenvalue weighted by Crippen LogP contribution is -2.11. The van der Waals surface area contributed by atoms with E-state index >= 15 is 0 Å². The number of hydrogen-bond acceptors (Lipinski definition) is 0. The second kappa shape index (κ2) is 6.62. The van der Waals surface area contributed by atoms with Crippen molar-refractivity contribution in [2.45, 2.75) is 38.5 Å². The molecule has 0 aliphatic carbocycles. The lowest BCUT2D eigenvalue weighted by atomic mass is 9.85. The fourth-order valence-electron chi connectivity index (χ4n) is 2.42. The first-order valence-corrected chi connectivity index (χ1v) is 7.84. The third-order valence-corrected chi connectivity index (χ3v) is 4.20. The fraction of sp³-hybridized carbons (Fsp3) is 0.368. The average molecular weight is 305 g/mol. The monoisotopic (exact) mass is 304 g/mol. The molecule has 2 rings (SSSR count). The van der Waals surface area contributed by atoms with Gasteiger partial charge < -0.3 is 0 Å². The van der Waals surface area contributed by atoms with Crippen LogP contribution in [0.5, 0.6) is 0 Å². The van der Waals surface area contributed by atoms with Crippen molar-refractivity contribution in [3.8, 4) is 0 Å². The Kier molecular flexibility index (Phi) is 5.05. The molecule has 0 amide bonds. The minimum absolute atomic E-state index is 0.168. The van der Waals surface area contributed by atoms with Crippen LogP contribution in [0.2, 0.25) is 0 Å². The zero-order chi connectivity index (χ0) is 15.5. The molecule has 2 aromatic carbocycles. The average Bonchev–Trinajstić information content (AvgIpc) is 2.45. The third kappa shape index (κ3) is 4.31. The molecule has 0 bridgehead atoms. The molecule has 0 nitrogen and oxygen atoms in total. The fourth-order valence-corrected chi connectivity index (χ4v) is 2.71. The van der Waals surface area contributed by atoms with Crippen LogP contribution in [0.1, 0.15) is 43.4 Å². The Morgan fingerprint density at radius 3 is 2.00 bits per heavy atom. The van der Waals surface area contributed by atoms with E-state index in [4.69, 9.17) is 11.6 Å². The van der Waals surface area contributed by atoms with Crippen molar-refractivity contribution >= 4 is 11.6 Å². The summed E-state index contributed by atoms with van der Waals surface area (Å²) in [5.41, 5.74) is 3.85. The van der Waals surface area contributed by atoms with Gasteiger partial charge in [0.25, 0.3) is 0 Å². The standard InChI is InChI=1S/C19H22ClF/c1-19(2,3)17-8-4-14(5-9-17)12-16(13-20)15-6-10-18(21)11-7-15/h4-11,16H,12-13H2,1-3H3. The topological polar surface area (TPSA) is 0 Å². The summed E-state index contributed by atoms with van der Waals surface area (Å²) in [6, 6.07) is 15.4. The largest absolute Gasteiger partial charge is 0.207 e. The first-order valence-electron chi connectivity index (χ1n) is 7.31. The van der Waals surface area contributed by atoms with E-state index < -0.39 is 0 Å². The number of halogens is 2. The maximum atomic E-state index is 13.0. The lowest BCUT2D eigenvalue weighted by Gasteiger charge is -2.20. The summed E-state index contributed by atoms with van der Waals surface area (Å²) in [4.78, 5) is 0. The molecule has 2 aromatic rings. The van der Waals surface area contributed by atoms with Gasteiger partial charge in [0.05, 0.1) is 0 Å². The van der Waals surface area contributed by atoms with E-state index in [-0.39, 0.29) is 17.2 Å². The number of alkyl halides is 1. The minimum Gasteiger partial charge on any atom is -0.207 e. The van der Waals surface area contributed by atoms with Crippen molar-refractivity contribution in [3.05, 3.63) is 71.0 Å². The van der Waals surface area contributed by atoms with Gasteiger partial charge in [-0.15, -0.1) is 11.6 Å². The van der Waals surface area contributed by atoms with Gasteiger partial charge in [0.15, 0.2) is 0 Å². The van der Waals surface area contributed by atoms with Gasteiger partial charge in [0.2, 0.25) is 0 Å². The number of benzene rings is 2. The Morgan fingerprint density at radius 1 is 0.952 bits per heavy atom. The summed E-state index contributed by atoms with van der Waals surface area (Å²) in [6.07, 6.45) is 0.875. The van der Waals surface area contributed by atoms with E-state index in [9.17, 15) is 4.39 Å². The third-order valence-electron chi connectivity index (χ3n) is 3.83.